The number of carbonyl (C=O) groups is 3. The maximum Gasteiger partial charge on any atom is 0.296 e. The number of amides is 2. The van der Waals surface area contributed by atoms with E-state index in [9.17, 15) is 22.8 Å². The molecule has 2 amide bonds. The summed E-state index contributed by atoms with van der Waals surface area (Å²) < 4.78 is 35.1. The molecule has 12 heteroatoms. The minimum atomic E-state index is -3.99. The first-order valence-electron chi connectivity index (χ1n) is 11.9. The van der Waals surface area contributed by atoms with Crippen molar-refractivity contribution in [3.05, 3.63) is 11.7 Å². The van der Waals surface area contributed by atoms with Gasteiger partial charge in [-0.15, -0.1) is 0 Å². The molecule has 2 atom stereocenters. The van der Waals surface area contributed by atoms with Gasteiger partial charge in [-0.3, -0.25) is 14.4 Å². The number of Topliss-reactive ketones (excluding diaryl/α,β-unsaturated/α-hetero) is 1. The van der Waals surface area contributed by atoms with Crippen molar-refractivity contribution in [1.29, 1.82) is 0 Å². The molecule has 11 nitrogen and oxygen atoms in total. The fraction of sp³-hybridized carbons (Fsp3) is 0.773. The predicted octanol–water partition coefficient (Wildman–Crippen LogP) is 0.857. The molecular formula is C22H32N4O7S. The van der Waals surface area contributed by atoms with Gasteiger partial charge in [0, 0.05) is 19.0 Å². The van der Waals surface area contributed by atoms with Gasteiger partial charge in [-0.05, 0) is 44.9 Å². The zero-order valence-corrected chi connectivity index (χ0v) is 20.4. The topological polar surface area (TPSA) is 149 Å². The summed E-state index contributed by atoms with van der Waals surface area (Å²) in [6.45, 7) is 4.39. The van der Waals surface area contributed by atoms with Gasteiger partial charge in [-0.1, -0.05) is 12.1 Å². The van der Waals surface area contributed by atoms with E-state index in [4.69, 9.17) is 9.26 Å². The van der Waals surface area contributed by atoms with Gasteiger partial charge in [0.05, 0.1) is 31.4 Å². The number of carbonyl (C=O) groups excluding carboxylic acids is 3. The SMILES string of the molecule is CC[C@H](NC(=O)[C@@](C)(CC(=O)N1CCOCC1)S(=O)(=O)CC1CC1)C(=O)c1nc(C2CC2)no1. The molecule has 1 saturated heterocycles. The molecule has 34 heavy (non-hydrogen) atoms. The van der Waals surface area contributed by atoms with E-state index < -0.39 is 44.6 Å². The molecular weight excluding hydrogens is 464 g/mol. The molecule has 0 bridgehead atoms. The summed E-state index contributed by atoms with van der Waals surface area (Å²) in [4.78, 5) is 45.0. The summed E-state index contributed by atoms with van der Waals surface area (Å²) in [5.74, 6) is -1.56. The van der Waals surface area contributed by atoms with Gasteiger partial charge in [0.2, 0.25) is 17.6 Å². The maximum absolute atomic E-state index is 13.5. The van der Waals surface area contributed by atoms with Crippen LogP contribution in [0.4, 0.5) is 0 Å². The summed E-state index contributed by atoms with van der Waals surface area (Å²) >= 11 is 0. The Bertz CT molecular complexity index is 1040. The first kappa shape index (κ1) is 24.8. The summed E-state index contributed by atoms with van der Waals surface area (Å²) in [6, 6.07) is -1.05. The number of hydrogen-bond donors (Lipinski definition) is 1. The fourth-order valence-corrected chi connectivity index (χ4v) is 5.99. The largest absolute Gasteiger partial charge is 0.378 e. The second kappa shape index (κ2) is 9.73. The van der Waals surface area contributed by atoms with E-state index in [1.54, 1.807) is 6.92 Å². The van der Waals surface area contributed by atoms with Crippen LogP contribution in [0.2, 0.25) is 0 Å². The summed E-state index contributed by atoms with van der Waals surface area (Å²) in [6.07, 6.45) is 3.15. The van der Waals surface area contributed by atoms with Gasteiger partial charge in [-0.25, -0.2) is 8.42 Å². The van der Waals surface area contributed by atoms with Crippen molar-refractivity contribution >= 4 is 27.4 Å². The molecule has 4 rings (SSSR count). The highest BCUT2D eigenvalue weighted by atomic mass is 32.2. The molecule has 1 aromatic rings. The van der Waals surface area contributed by atoms with Crippen LogP contribution in [-0.4, -0.2) is 83.9 Å². The zero-order valence-electron chi connectivity index (χ0n) is 19.6. The highest BCUT2D eigenvalue weighted by Crippen LogP contribution is 2.38. The van der Waals surface area contributed by atoms with E-state index in [2.05, 4.69) is 15.5 Å². The molecule has 2 heterocycles. The van der Waals surface area contributed by atoms with Crippen molar-refractivity contribution < 1.29 is 32.1 Å². The Labute approximate surface area is 198 Å². The second-order valence-corrected chi connectivity index (χ2v) is 12.1. The molecule has 3 aliphatic rings. The molecule has 0 spiro atoms. The Balaban J connectivity index is 1.52. The van der Waals surface area contributed by atoms with E-state index >= 15 is 0 Å². The average Bonchev–Trinajstić information content (AvgIpc) is 3.76. The van der Waals surface area contributed by atoms with Crippen molar-refractivity contribution in [3.63, 3.8) is 0 Å². The normalized spacial score (nSPS) is 21.5. The number of morpholine rings is 1. The van der Waals surface area contributed by atoms with Crippen LogP contribution in [0.15, 0.2) is 4.52 Å². The van der Waals surface area contributed by atoms with E-state index in [1.165, 1.54) is 11.8 Å². The lowest BCUT2D eigenvalue weighted by Gasteiger charge is -2.33. The lowest BCUT2D eigenvalue weighted by Crippen LogP contribution is -2.57. The van der Waals surface area contributed by atoms with Crippen molar-refractivity contribution in [3.8, 4) is 0 Å². The highest BCUT2D eigenvalue weighted by Gasteiger charge is 2.51. The van der Waals surface area contributed by atoms with Crippen molar-refractivity contribution in [2.24, 2.45) is 5.92 Å². The van der Waals surface area contributed by atoms with Gasteiger partial charge in [-0.2, -0.15) is 4.98 Å². The van der Waals surface area contributed by atoms with Crippen LogP contribution >= 0.6 is 0 Å². The summed E-state index contributed by atoms with van der Waals surface area (Å²) in [5.41, 5.74) is 0. The molecule has 0 unspecified atom stereocenters. The molecule has 3 fully saturated rings. The van der Waals surface area contributed by atoms with Gasteiger partial charge in [0.1, 0.15) is 0 Å². The minimum Gasteiger partial charge on any atom is -0.378 e. The van der Waals surface area contributed by atoms with Crippen LogP contribution < -0.4 is 5.32 Å². The Morgan fingerprint density at radius 3 is 2.44 bits per heavy atom. The van der Waals surface area contributed by atoms with Crippen molar-refractivity contribution in [2.75, 3.05) is 32.1 Å². The van der Waals surface area contributed by atoms with Crippen LogP contribution in [0.3, 0.4) is 0 Å². The number of sulfone groups is 1. The maximum atomic E-state index is 13.5. The van der Waals surface area contributed by atoms with Gasteiger partial charge >= 0.3 is 0 Å². The first-order valence-corrected chi connectivity index (χ1v) is 13.6. The number of rotatable bonds is 11. The average molecular weight is 497 g/mol. The van der Waals surface area contributed by atoms with Gasteiger partial charge < -0.3 is 19.5 Å². The standard InChI is InChI=1S/C22H32N4O7S/c1-3-16(18(28)20-24-19(25-33-20)15-6-7-15)23-21(29)22(2,34(30,31)13-14-4-5-14)12-17(27)26-8-10-32-11-9-26/h14-16H,3-13H2,1-2H3,(H,23,29)/t16-,22+/m0/s1. The fourth-order valence-electron chi connectivity index (χ4n) is 3.98. The van der Waals surface area contributed by atoms with Crippen LogP contribution in [0.25, 0.3) is 0 Å². The number of nitrogens with zero attached hydrogens (tertiary/aromatic N) is 3. The predicted molar refractivity (Wildman–Crippen MR) is 120 cm³/mol. The lowest BCUT2D eigenvalue weighted by molar-refractivity contribution is -0.138. The highest BCUT2D eigenvalue weighted by molar-refractivity contribution is 7.93. The molecule has 1 N–H and O–H groups in total. The van der Waals surface area contributed by atoms with E-state index in [-0.39, 0.29) is 29.9 Å². The second-order valence-electron chi connectivity index (χ2n) is 9.66. The zero-order chi connectivity index (χ0) is 24.5. The van der Waals surface area contributed by atoms with E-state index in [1.807, 2.05) is 0 Å². The summed E-state index contributed by atoms with van der Waals surface area (Å²) in [7, 11) is -3.99. The molecule has 1 aliphatic heterocycles. The number of nitrogens with one attached hydrogen (secondary N) is 1. The van der Waals surface area contributed by atoms with E-state index in [0.29, 0.717) is 32.1 Å². The quantitative estimate of drug-likeness (QED) is 0.440. The van der Waals surface area contributed by atoms with Crippen LogP contribution in [-0.2, 0) is 24.2 Å². The molecule has 0 aromatic carbocycles. The Morgan fingerprint density at radius 1 is 1.18 bits per heavy atom. The molecule has 2 aliphatic carbocycles. The Kier molecular flexibility index (Phi) is 7.09. The third-order valence-electron chi connectivity index (χ3n) is 6.80. The van der Waals surface area contributed by atoms with E-state index in [0.717, 1.165) is 25.7 Å². The van der Waals surface area contributed by atoms with Crippen LogP contribution in [0, 0.1) is 5.92 Å². The van der Waals surface area contributed by atoms with Crippen LogP contribution in [0.1, 0.15) is 74.8 Å². The van der Waals surface area contributed by atoms with Crippen molar-refractivity contribution in [2.45, 2.75) is 69.1 Å². The first-order chi connectivity index (χ1) is 16.1. The molecule has 2 saturated carbocycles. The third kappa shape index (κ3) is 5.32. The van der Waals surface area contributed by atoms with Crippen LogP contribution in [0.5, 0.6) is 0 Å². The number of hydrogen-bond acceptors (Lipinski definition) is 9. The summed E-state index contributed by atoms with van der Waals surface area (Å²) in [5, 5.41) is 6.41. The van der Waals surface area contributed by atoms with Gasteiger partial charge in [0.25, 0.3) is 5.89 Å². The Morgan fingerprint density at radius 2 is 1.85 bits per heavy atom. The number of ether oxygens (including phenoxy) is 1. The smallest absolute Gasteiger partial charge is 0.296 e. The minimum absolute atomic E-state index is 0.00143. The lowest BCUT2D eigenvalue weighted by atomic mass is 10.0. The monoisotopic (exact) mass is 496 g/mol. The molecule has 0 radical (unpaired) electrons. The molecule has 1 aromatic heterocycles. The molecule has 188 valence electrons. The third-order valence-corrected chi connectivity index (χ3v) is 9.41. The van der Waals surface area contributed by atoms with Crippen molar-refractivity contribution in [1.82, 2.24) is 20.4 Å². The van der Waals surface area contributed by atoms with Gasteiger partial charge in [0.15, 0.2) is 20.4 Å². The number of ketones is 1. The Hall–Kier alpha value is -2.34. The number of aromatic nitrogens is 2.